The number of carbonyl (C=O) groups excluding carboxylic acids is 1. The summed E-state index contributed by atoms with van der Waals surface area (Å²) in [6, 6.07) is 11.5. The largest absolute Gasteiger partial charge is 0.493 e. The monoisotopic (exact) mass is 504 g/mol. The highest BCUT2D eigenvalue weighted by atomic mass is 16.6. The number of Topliss-reactive ketones (excluding diaryl/α,β-unsaturated/α-hetero) is 1. The van der Waals surface area contributed by atoms with Crippen molar-refractivity contribution in [2.24, 2.45) is 11.1 Å². The molecule has 0 unspecified atom stereocenters. The van der Waals surface area contributed by atoms with Crippen LogP contribution in [0.4, 0.5) is 11.4 Å². The maximum absolute atomic E-state index is 13.7. The molecule has 2 aromatic rings. The Bertz CT molecular complexity index is 1360. The lowest BCUT2D eigenvalue weighted by Crippen LogP contribution is -2.42. The topological polar surface area (TPSA) is 141 Å². The van der Waals surface area contributed by atoms with Gasteiger partial charge >= 0.3 is 0 Å². The third-order valence-corrected chi connectivity index (χ3v) is 6.72. The first-order valence-electron chi connectivity index (χ1n) is 11.6. The van der Waals surface area contributed by atoms with Crippen LogP contribution in [0.1, 0.15) is 38.2 Å². The number of methoxy groups -OCH3 is 3. The number of nitro benzene ring substituents is 1. The lowest BCUT2D eigenvalue weighted by molar-refractivity contribution is -0.384. The van der Waals surface area contributed by atoms with Gasteiger partial charge in [0.1, 0.15) is 5.82 Å². The number of nitrogens with two attached hydrogens (primary N) is 1. The number of non-ortho nitro benzene ring substituents is 1. The van der Waals surface area contributed by atoms with Crippen LogP contribution in [0.2, 0.25) is 0 Å². The molecular weight excluding hydrogens is 476 g/mol. The van der Waals surface area contributed by atoms with E-state index in [0.717, 1.165) is 0 Å². The Morgan fingerprint density at radius 3 is 2.16 bits per heavy atom. The SMILES string of the molecule is COc1cc([C@@H]2C(C#N)=C(N)N(c3ccc([N+](=O)[O-])cc3)C3=C2C(=O)CC(C)(C)C3)cc(OC)c1OC. The van der Waals surface area contributed by atoms with Crippen molar-refractivity contribution in [1.29, 1.82) is 5.26 Å². The van der Waals surface area contributed by atoms with Crippen molar-refractivity contribution in [2.45, 2.75) is 32.6 Å². The molecule has 0 amide bonds. The van der Waals surface area contributed by atoms with Crippen molar-refractivity contribution in [3.63, 3.8) is 0 Å². The van der Waals surface area contributed by atoms with Crippen molar-refractivity contribution in [3.05, 3.63) is 74.7 Å². The molecule has 0 saturated heterocycles. The molecule has 2 aromatic carbocycles. The first-order valence-corrected chi connectivity index (χ1v) is 11.6. The quantitative estimate of drug-likeness (QED) is 0.442. The standard InChI is InChI=1S/C27H28N4O6/c1-27(2)12-19-24(20(32)13-27)23(15-10-21(35-3)25(37-5)22(11-15)36-4)18(14-28)26(29)30(19)16-6-8-17(9-7-16)31(33)34/h6-11,23H,12-13,29H2,1-5H3/t23-/m1/s1. The van der Waals surface area contributed by atoms with Crippen LogP contribution in [0, 0.1) is 26.9 Å². The normalized spacial score (nSPS) is 18.8. The van der Waals surface area contributed by atoms with E-state index in [1.54, 1.807) is 29.2 Å². The minimum Gasteiger partial charge on any atom is -0.493 e. The average molecular weight is 505 g/mol. The van der Waals surface area contributed by atoms with Gasteiger partial charge in [-0.25, -0.2) is 0 Å². The summed E-state index contributed by atoms with van der Waals surface area (Å²) in [6.45, 7) is 3.99. The van der Waals surface area contributed by atoms with Crippen molar-refractivity contribution in [2.75, 3.05) is 26.2 Å². The molecule has 0 saturated carbocycles. The average Bonchev–Trinajstić information content (AvgIpc) is 2.86. The lowest BCUT2D eigenvalue weighted by Gasteiger charge is -2.43. The van der Waals surface area contributed by atoms with Crippen LogP contribution < -0.4 is 24.8 Å². The number of ether oxygens (including phenoxy) is 3. The zero-order valence-corrected chi connectivity index (χ0v) is 21.3. The van der Waals surface area contributed by atoms with Crippen molar-refractivity contribution in [1.82, 2.24) is 0 Å². The molecule has 1 aliphatic carbocycles. The zero-order valence-electron chi connectivity index (χ0n) is 21.3. The zero-order chi connectivity index (χ0) is 27.1. The predicted octanol–water partition coefficient (Wildman–Crippen LogP) is 4.56. The number of benzene rings is 2. The number of rotatable bonds is 6. The van der Waals surface area contributed by atoms with Crippen LogP contribution in [0.5, 0.6) is 17.2 Å². The summed E-state index contributed by atoms with van der Waals surface area (Å²) in [6.07, 6.45) is 0.796. The molecule has 1 aliphatic heterocycles. The number of carbonyl (C=O) groups is 1. The first kappa shape index (κ1) is 25.6. The minimum absolute atomic E-state index is 0.0756. The third kappa shape index (κ3) is 4.33. The number of ketones is 1. The van der Waals surface area contributed by atoms with Crippen LogP contribution in [0.25, 0.3) is 0 Å². The highest BCUT2D eigenvalue weighted by molar-refractivity contribution is 6.01. The van der Waals surface area contributed by atoms with Gasteiger partial charge in [0, 0.05) is 35.5 Å². The van der Waals surface area contributed by atoms with Crippen LogP contribution in [-0.2, 0) is 4.79 Å². The van der Waals surface area contributed by atoms with Crippen molar-refractivity contribution < 1.29 is 23.9 Å². The fourth-order valence-electron chi connectivity index (χ4n) is 5.13. The second-order valence-corrected chi connectivity index (χ2v) is 9.71. The highest BCUT2D eigenvalue weighted by Gasteiger charge is 2.45. The van der Waals surface area contributed by atoms with Crippen LogP contribution in [0.15, 0.2) is 59.1 Å². The van der Waals surface area contributed by atoms with E-state index in [4.69, 9.17) is 19.9 Å². The summed E-state index contributed by atoms with van der Waals surface area (Å²) >= 11 is 0. The molecule has 0 radical (unpaired) electrons. The van der Waals surface area contributed by atoms with Gasteiger partial charge in [0.05, 0.1) is 43.8 Å². The molecule has 1 atom stereocenters. The molecule has 2 aliphatic rings. The van der Waals surface area contributed by atoms with Gasteiger partial charge in [-0.2, -0.15) is 5.26 Å². The van der Waals surface area contributed by atoms with Crippen LogP contribution in [0.3, 0.4) is 0 Å². The van der Waals surface area contributed by atoms with Gasteiger partial charge in [-0.15, -0.1) is 0 Å². The molecule has 0 spiro atoms. The summed E-state index contributed by atoms with van der Waals surface area (Å²) in [5.74, 6) is 0.452. The lowest BCUT2D eigenvalue weighted by atomic mass is 9.68. The second kappa shape index (κ2) is 9.50. The van der Waals surface area contributed by atoms with Gasteiger partial charge in [0.2, 0.25) is 5.75 Å². The number of nitrogens with zero attached hydrogens (tertiary/aromatic N) is 3. The number of nitriles is 1. The molecule has 0 fully saturated rings. The van der Waals surface area contributed by atoms with Gasteiger partial charge in [-0.05, 0) is 41.7 Å². The third-order valence-electron chi connectivity index (χ3n) is 6.72. The van der Waals surface area contributed by atoms with Gasteiger partial charge in [-0.3, -0.25) is 19.8 Å². The number of hydrogen-bond acceptors (Lipinski definition) is 9. The van der Waals surface area contributed by atoms with Crippen LogP contribution in [-0.4, -0.2) is 32.0 Å². The minimum atomic E-state index is -0.758. The molecule has 10 heteroatoms. The maximum atomic E-state index is 13.7. The Morgan fingerprint density at radius 2 is 1.68 bits per heavy atom. The van der Waals surface area contributed by atoms with E-state index in [0.29, 0.717) is 52.6 Å². The number of nitro groups is 1. The maximum Gasteiger partial charge on any atom is 0.269 e. The van der Waals surface area contributed by atoms with Gasteiger partial charge in [0.25, 0.3) is 5.69 Å². The van der Waals surface area contributed by atoms with E-state index in [-0.39, 0.29) is 28.3 Å². The van der Waals surface area contributed by atoms with E-state index < -0.39 is 10.8 Å². The van der Waals surface area contributed by atoms with Gasteiger partial charge in [0.15, 0.2) is 17.3 Å². The Kier molecular flexibility index (Phi) is 6.57. The van der Waals surface area contributed by atoms with Gasteiger partial charge < -0.3 is 19.9 Å². The summed E-state index contributed by atoms with van der Waals surface area (Å²) in [5.41, 5.74) is 8.62. The molecule has 0 bridgehead atoms. The molecule has 37 heavy (non-hydrogen) atoms. The summed E-state index contributed by atoms with van der Waals surface area (Å²) in [5, 5.41) is 21.5. The highest BCUT2D eigenvalue weighted by Crippen LogP contribution is 2.52. The fraction of sp³-hybridized carbons (Fsp3) is 0.333. The summed E-state index contributed by atoms with van der Waals surface area (Å²) in [7, 11) is 4.48. The van der Waals surface area contributed by atoms with E-state index in [1.807, 2.05) is 13.8 Å². The van der Waals surface area contributed by atoms with Crippen LogP contribution >= 0.6 is 0 Å². The smallest absolute Gasteiger partial charge is 0.269 e. The Hall–Kier alpha value is -4.52. The number of allylic oxidation sites excluding steroid dienone is 3. The van der Waals surface area contributed by atoms with E-state index in [2.05, 4.69) is 6.07 Å². The molecule has 2 N–H and O–H groups in total. The second-order valence-electron chi connectivity index (χ2n) is 9.71. The molecule has 192 valence electrons. The first-order chi connectivity index (χ1) is 17.6. The Morgan fingerprint density at radius 1 is 1.08 bits per heavy atom. The fourth-order valence-corrected chi connectivity index (χ4v) is 5.13. The van der Waals surface area contributed by atoms with Crippen molar-refractivity contribution >= 4 is 17.2 Å². The Balaban J connectivity index is 2.00. The molecule has 0 aromatic heterocycles. The molecule has 1 heterocycles. The van der Waals surface area contributed by atoms with E-state index in [9.17, 15) is 20.2 Å². The molecular formula is C27H28N4O6. The molecule has 10 nitrogen and oxygen atoms in total. The Labute approximate surface area is 214 Å². The van der Waals surface area contributed by atoms with E-state index in [1.165, 1.54) is 33.5 Å². The van der Waals surface area contributed by atoms with Gasteiger partial charge in [-0.1, -0.05) is 13.8 Å². The van der Waals surface area contributed by atoms with E-state index >= 15 is 0 Å². The predicted molar refractivity (Wildman–Crippen MR) is 136 cm³/mol. The number of anilines is 1. The number of hydrogen-bond donors (Lipinski definition) is 1. The molecule has 4 rings (SSSR count). The summed E-state index contributed by atoms with van der Waals surface area (Å²) < 4.78 is 16.5. The van der Waals surface area contributed by atoms with Crippen molar-refractivity contribution in [3.8, 4) is 23.3 Å². The summed E-state index contributed by atoms with van der Waals surface area (Å²) in [4.78, 5) is 26.1.